The van der Waals surface area contributed by atoms with Gasteiger partial charge in [-0.25, -0.2) is 0 Å². The Bertz CT molecular complexity index is 594. The number of fused-ring (bicyclic) bond motifs is 1. The number of piperidine rings is 1. The van der Waals surface area contributed by atoms with Crippen molar-refractivity contribution in [3.05, 3.63) is 29.8 Å². The number of likely N-dealkylation sites (tertiary alicyclic amines) is 1. The van der Waals surface area contributed by atoms with E-state index in [1.807, 2.05) is 30.0 Å². The number of hydrogen-bond acceptors (Lipinski definition) is 5. The van der Waals surface area contributed by atoms with Gasteiger partial charge >= 0.3 is 5.97 Å². The molecule has 2 heterocycles. The highest BCUT2D eigenvalue weighted by Crippen LogP contribution is 2.27. The van der Waals surface area contributed by atoms with Crippen LogP contribution >= 0.6 is 0 Å². The zero-order chi connectivity index (χ0) is 17.6. The third kappa shape index (κ3) is 4.72. The summed E-state index contributed by atoms with van der Waals surface area (Å²) in [6.07, 6.45) is 2.57. The number of para-hydroxylation sites is 1. The Hall–Kier alpha value is -2.08. The maximum absolute atomic E-state index is 12.2. The van der Waals surface area contributed by atoms with E-state index in [9.17, 15) is 9.59 Å². The number of nitrogens with one attached hydrogen (secondary N) is 1. The second-order valence-corrected chi connectivity index (χ2v) is 6.68. The van der Waals surface area contributed by atoms with E-state index in [1.165, 1.54) is 5.56 Å². The summed E-state index contributed by atoms with van der Waals surface area (Å²) in [7, 11) is 0. The maximum atomic E-state index is 12.2. The van der Waals surface area contributed by atoms with Crippen molar-refractivity contribution in [2.75, 3.05) is 32.8 Å². The molecule has 2 aliphatic rings. The summed E-state index contributed by atoms with van der Waals surface area (Å²) < 4.78 is 10.9. The lowest BCUT2D eigenvalue weighted by Gasteiger charge is -2.30. The Labute approximate surface area is 148 Å². The van der Waals surface area contributed by atoms with Crippen LogP contribution in [0, 0.1) is 5.92 Å². The van der Waals surface area contributed by atoms with Crippen LogP contribution in [-0.4, -0.2) is 55.7 Å². The number of hydrogen-bond donors (Lipinski definition) is 1. The van der Waals surface area contributed by atoms with Crippen LogP contribution in [0.2, 0.25) is 0 Å². The number of benzene rings is 1. The summed E-state index contributed by atoms with van der Waals surface area (Å²) in [5, 5.41) is 2.95. The van der Waals surface area contributed by atoms with Crippen molar-refractivity contribution in [1.29, 1.82) is 0 Å². The van der Waals surface area contributed by atoms with Crippen LogP contribution in [0.25, 0.3) is 0 Å². The Balaban J connectivity index is 1.40. The second-order valence-electron chi connectivity index (χ2n) is 6.68. The Kier molecular flexibility index (Phi) is 5.91. The molecule has 6 nitrogen and oxygen atoms in total. The molecule has 1 fully saturated rings. The van der Waals surface area contributed by atoms with Crippen LogP contribution in [0.3, 0.4) is 0 Å². The summed E-state index contributed by atoms with van der Waals surface area (Å²) in [6, 6.07) is 7.97. The van der Waals surface area contributed by atoms with Gasteiger partial charge in [-0.15, -0.1) is 0 Å². The minimum atomic E-state index is -0.148. The maximum Gasteiger partial charge on any atom is 0.310 e. The Morgan fingerprint density at radius 2 is 2.20 bits per heavy atom. The van der Waals surface area contributed by atoms with E-state index >= 15 is 0 Å². The lowest BCUT2D eigenvalue weighted by Crippen LogP contribution is -2.46. The molecule has 3 rings (SSSR count). The Morgan fingerprint density at radius 1 is 1.36 bits per heavy atom. The van der Waals surface area contributed by atoms with Crippen molar-refractivity contribution >= 4 is 11.9 Å². The van der Waals surface area contributed by atoms with Gasteiger partial charge in [0.2, 0.25) is 5.91 Å². The minimum Gasteiger partial charge on any atom is -0.488 e. The fourth-order valence-corrected chi connectivity index (χ4v) is 3.51. The summed E-state index contributed by atoms with van der Waals surface area (Å²) >= 11 is 0. The molecular formula is C19H26N2O4. The van der Waals surface area contributed by atoms with Gasteiger partial charge in [0.05, 0.1) is 25.6 Å². The van der Waals surface area contributed by atoms with Crippen molar-refractivity contribution in [3.63, 3.8) is 0 Å². The number of esters is 1. The molecule has 0 radical (unpaired) electrons. The van der Waals surface area contributed by atoms with E-state index in [4.69, 9.17) is 9.47 Å². The van der Waals surface area contributed by atoms with E-state index in [0.717, 1.165) is 31.6 Å². The molecule has 0 saturated carbocycles. The van der Waals surface area contributed by atoms with Crippen LogP contribution < -0.4 is 10.1 Å². The molecule has 1 aromatic carbocycles. The van der Waals surface area contributed by atoms with Crippen LogP contribution in [0.15, 0.2) is 24.3 Å². The highest BCUT2D eigenvalue weighted by Gasteiger charge is 2.28. The summed E-state index contributed by atoms with van der Waals surface area (Å²) in [5.74, 6) is 0.623. The summed E-state index contributed by atoms with van der Waals surface area (Å²) in [5.41, 5.74) is 1.19. The lowest BCUT2D eigenvalue weighted by molar-refractivity contribution is -0.150. The number of rotatable bonds is 6. The first-order chi connectivity index (χ1) is 12.2. The molecule has 0 aromatic heterocycles. The molecule has 1 saturated heterocycles. The first-order valence-corrected chi connectivity index (χ1v) is 9.06. The normalized spacial score (nSPS) is 22.8. The average molecular weight is 346 g/mol. The predicted octanol–water partition coefficient (Wildman–Crippen LogP) is 1.38. The molecule has 0 spiro atoms. The van der Waals surface area contributed by atoms with Gasteiger partial charge in [-0.2, -0.15) is 0 Å². The number of carbonyl (C=O) groups is 2. The van der Waals surface area contributed by atoms with Crippen LogP contribution in [0.5, 0.6) is 5.75 Å². The average Bonchev–Trinajstić information content (AvgIpc) is 3.03. The van der Waals surface area contributed by atoms with Crippen molar-refractivity contribution < 1.29 is 19.1 Å². The molecule has 2 atom stereocenters. The zero-order valence-corrected chi connectivity index (χ0v) is 14.7. The molecular weight excluding hydrogens is 320 g/mol. The molecule has 0 aliphatic carbocycles. The van der Waals surface area contributed by atoms with Gasteiger partial charge in [-0.3, -0.25) is 14.5 Å². The first kappa shape index (κ1) is 17.7. The third-order valence-corrected chi connectivity index (χ3v) is 4.73. The quantitative estimate of drug-likeness (QED) is 0.788. The topological polar surface area (TPSA) is 67.9 Å². The molecule has 25 heavy (non-hydrogen) atoms. The second kappa shape index (κ2) is 8.34. The summed E-state index contributed by atoms with van der Waals surface area (Å²) in [6.45, 7) is 4.47. The molecule has 6 heteroatoms. The minimum absolute atomic E-state index is 0.00464. The van der Waals surface area contributed by atoms with Gasteiger partial charge in [0, 0.05) is 13.0 Å². The molecule has 2 unspecified atom stereocenters. The fraction of sp³-hybridized carbons (Fsp3) is 0.579. The molecule has 1 aromatic rings. The SMILES string of the molecule is CCOC(=O)C1CCCN(CC(=O)NCC2Cc3ccccc3O2)C1. The van der Waals surface area contributed by atoms with Gasteiger partial charge in [-0.1, -0.05) is 18.2 Å². The first-order valence-electron chi connectivity index (χ1n) is 9.06. The molecule has 1 N–H and O–H groups in total. The van der Waals surface area contributed by atoms with E-state index in [1.54, 1.807) is 0 Å². The number of ether oxygens (including phenoxy) is 2. The van der Waals surface area contributed by atoms with E-state index < -0.39 is 0 Å². The van der Waals surface area contributed by atoms with Crippen LogP contribution in [0.4, 0.5) is 0 Å². The number of amides is 1. The van der Waals surface area contributed by atoms with Gasteiger partial charge in [0.15, 0.2) is 0 Å². The monoisotopic (exact) mass is 346 g/mol. The standard InChI is InChI=1S/C19H26N2O4/c1-2-24-19(23)15-7-5-9-21(12-15)13-18(22)20-11-16-10-14-6-3-4-8-17(14)25-16/h3-4,6,8,15-16H,2,5,7,9-13H2,1H3,(H,20,22). The number of carbonyl (C=O) groups excluding carboxylic acids is 2. The smallest absolute Gasteiger partial charge is 0.310 e. The molecule has 136 valence electrons. The molecule has 2 aliphatic heterocycles. The van der Waals surface area contributed by atoms with E-state index in [-0.39, 0.29) is 23.9 Å². The van der Waals surface area contributed by atoms with Gasteiger partial charge in [0.25, 0.3) is 0 Å². The van der Waals surface area contributed by atoms with Crippen molar-refractivity contribution in [2.24, 2.45) is 5.92 Å². The highest BCUT2D eigenvalue weighted by molar-refractivity contribution is 5.78. The van der Waals surface area contributed by atoms with Gasteiger partial charge in [0.1, 0.15) is 11.9 Å². The van der Waals surface area contributed by atoms with Crippen LogP contribution in [0.1, 0.15) is 25.3 Å². The van der Waals surface area contributed by atoms with Crippen molar-refractivity contribution in [2.45, 2.75) is 32.3 Å². The largest absolute Gasteiger partial charge is 0.488 e. The number of nitrogens with zero attached hydrogens (tertiary/aromatic N) is 1. The van der Waals surface area contributed by atoms with Crippen LogP contribution in [-0.2, 0) is 20.7 Å². The lowest BCUT2D eigenvalue weighted by atomic mass is 9.98. The highest BCUT2D eigenvalue weighted by atomic mass is 16.5. The molecule has 1 amide bonds. The summed E-state index contributed by atoms with van der Waals surface area (Å²) in [4.78, 5) is 26.1. The van der Waals surface area contributed by atoms with Crippen molar-refractivity contribution in [3.8, 4) is 5.75 Å². The van der Waals surface area contributed by atoms with E-state index in [0.29, 0.717) is 26.2 Å². The van der Waals surface area contributed by atoms with E-state index in [2.05, 4.69) is 11.4 Å². The fourth-order valence-electron chi connectivity index (χ4n) is 3.51. The van der Waals surface area contributed by atoms with Crippen molar-refractivity contribution in [1.82, 2.24) is 10.2 Å². The molecule has 0 bridgehead atoms. The predicted molar refractivity (Wildman–Crippen MR) is 93.4 cm³/mol. The zero-order valence-electron chi connectivity index (χ0n) is 14.7. The third-order valence-electron chi connectivity index (χ3n) is 4.73. The van der Waals surface area contributed by atoms with Gasteiger partial charge < -0.3 is 14.8 Å². The van der Waals surface area contributed by atoms with Gasteiger partial charge in [-0.05, 0) is 37.9 Å². The Morgan fingerprint density at radius 3 is 3.00 bits per heavy atom.